The number of likely N-dealkylation sites (tertiary alicyclic amines) is 1. The van der Waals surface area contributed by atoms with E-state index in [-0.39, 0.29) is 11.4 Å². The molecular formula is C17H27FN2. The van der Waals surface area contributed by atoms with Crippen LogP contribution in [0.25, 0.3) is 0 Å². The van der Waals surface area contributed by atoms with Crippen LogP contribution in [0.15, 0.2) is 18.2 Å². The maximum absolute atomic E-state index is 13.4. The topological polar surface area (TPSA) is 29.3 Å². The van der Waals surface area contributed by atoms with Crippen molar-refractivity contribution in [2.24, 2.45) is 5.73 Å². The highest BCUT2D eigenvalue weighted by atomic mass is 19.1. The van der Waals surface area contributed by atoms with Gasteiger partial charge in [-0.2, -0.15) is 0 Å². The second kappa shape index (κ2) is 6.68. The van der Waals surface area contributed by atoms with Gasteiger partial charge in [0.15, 0.2) is 0 Å². The van der Waals surface area contributed by atoms with E-state index in [1.165, 1.54) is 31.2 Å². The van der Waals surface area contributed by atoms with E-state index in [9.17, 15) is 4.39 Å². The summed E-state index contributed by atoms with van der Waals surface area (Å²) in [6.45, 7) is 6.98. The third-order valence-electron chi connectivity index (χ3n) is 4.62. The Bertz CT molecular complexity index is 439. The summed E-state index contributed by atoms with van der Waals surface area (Å²) in [7, 11) is 0. The number of hydrogen-bond donors (Lipinski definition) is 1. The van der Waals surface area contributed by atoms with Crippen molar-refractivity contribution in [3.8, 4) is 0 Å². The standard InChI is InChI=1S/C17H27FN2/c1-14-11-15(7-8-16(14)18)12-17(2,13-19)20-9-5-3-4-6-10-20/h7-8,11H,3-6,9-10,12-13,19H2,1-2H3. The van der Waals surface area contributed by atoms with Gasteiger partial charge in [-0.15, -0.1) is 0 Å². The van der Waals surface area contributed by atoms with E-state index < -0.39 is 0 Å². The lowest BCUT2D eigenvalue weighted by atomic mass is 9.90. The molecule has 0 amide bonds. The molecule has 1 aromatic carbocycles. The molecule has 2 rings (SSSR count). The van der Waals surface area contributed by atoms with Gasteiger partial charge in [0.05, 0.1) is 0 Å². The van der Waals surface area contributed by atoms with Gasteiger partial charge in [-0.1, -0.05) is 25.0 Å². The number of aryl methyl sites for hydroxylation is 1. The first kappa shape index (κ1) is 15.5. The molecule has 1 aromatic rings. The Labute approximate surface area is 122 Å². The van der Waals surface area contributed by atoms with Crippen molar-refractivity contribution in [3.63, 3.8) is 0 Å². The average Bonchev–Trinajstić information content (AvgIpc) is 2.72. The summed E-state index contributed by atoms with van der Waals surface area (Å²) in [5, 5.41) is 0. The van der Waals surface area contributed by atoms with Gasteiger partial charge in [0, 0.05) is 12.1 Å². The van der Waals surface area contributed by atoms with Crippen molar-refractivity contribution < 1.29 is 4.39 Å². The Morgan fingerprint density at radius 3 is 2.40 bits per heavy atom. The molecule has 0 saturated carbocycles. The summed E-state index contributed by atoms with van der Waals surface area (Å²) >= 11 is 0. The van der Waals surface area contributed by atoms with Gasteiger partial charge in [-0.05, 0) is 63.4 Å². The number of halogens is 1. The van der Waals surface area contributed by atoms with Crippen LogP contribution >= 0.6 is 0 Å². The van der Waals surface area contributed by atoms with Crippen LogP contribution in [0.3, 0.4) is 0 Å². The summed E-state index contributed by atoms with van der Waals surface area (Å²) in [6.07, 6.45) is 6.07. The first-order chi connectivity index (χ1) is 9.55. The maximum atomic E-state index is 13.4. The molecular weight excluding hydrogens is 251 g/mol. The molecule has 1 saturated heterocycles. The molecule has 20 heavy (non-hydrogen) atoms. The van der Waals surface area contributed by atoms with Crippen LogP contribution in [-0.2, 0) is 6.42 Å². The van der Waals surface area contributed by atoms with Gasteiger partial charge in [-0.3, -0.25) is 4.90 Å². The molecule has 0 aromatic heterocycles. The Morgan fingerprint density at radius 2 is 1.85 bits per heavy atom. The molecule has 2 nitrogen and oxygen atoms in total. The monoisotopic (exact) mass is 278 g/mol. The van der Waals surface area contributed by atoms with E-state index >= 15 is 0 Å². The lowest BCUT2D eigenvalue weighted by Gasteiger charge is -2.40. The molecule has 1 aliphatic rings. The van der Waals surface area contributed by atoms with Crippen LogP contribution in [0.4, 0.5) is 4.39 Å². The number of rotatable bonds is 4. The molecule has 112 valence electrons. The number of hydrogen-bond acceptors (Lipinski definition) is 2. The van der Waals surface area contributed by atoms with E-state index in [0.29, 0.717) is 6.54 Å². The molecule has 0 aliphatic carbocycles. The Balaban J connectivity index is 2.14. The number of nitrogens with zero attached hydrogens (tertiary/aromatic N) is 1. The Morgan fingerprint density at radius 1 is 1.20 bits per heavy atom. The molecule has 3 heteroatoms. The zero-order valence-electron chi connectivity index (χ0n) is 12.8. The van der Waals surface area contributed by atoms with Crippen molar-refractivity contribution in [3.05, 3.63) is 35.1 Å². The van der Waals surface area contributed by atoms with Crippen LogP contribution in [-0.4, -0.2) is 30.1 Å². The summed E-state index contributed by atoms with van der Waals surface area (Å²) in [6, 6.07) is 5.43. The van der Waals surface area contributed by atoms with Crippen LogP contribution in [0, 0.1) is 12.7 Å². The van der Waals surface area contributed by atoms with Gasteiger partial charge in [0.25, 0.3) is 0 Å². The third kappa shape index (κ3) is 3.58. The van der Waals surface area contributed by atoms with E-state index in [1.54, 1.807) is 6.07 Å². The van der Waals surface area contributed by atoms with Crippen molar-refractivity contribution in [1.82, 2.24) is 4.90 Å². The van der Waals surface area contributed by atoms with Gasteiger partial charge in [0.1, 0.15) is 5.82 Å². The summed E-state index contributed by atoms with van der Waals surface area (Å²) in [5.74, 6) is -0.127. The lowest BCUT2D eigenvalue weighted by molar-refractivity contribution is 0.114. The van der Waals surface area contributed by atoms with Crippen molar-refractivity contribution in [2.45, 2.75) is 51.5 Å². The Hall–Kier alpha value is -0.930. The predicted molar refractivity (Wildman–Crippen MR) is 82.3 cm³/mol. The minimum atomic E-state index is -0.127. The van der Waals surface area contributed by atoms with Gasteiger partial charge < -0.3 is 5.73 Å². The third-order valence-corrected chi connectivity index (χ3v) is 4.62. The van der Waals surface area contributed by atoms with E-state index in [1.807, 2.05) is 19.1 Å². The second-order valence-electron chi connectivity index (χ2n) is 6.36. The van der Waals surface area contributed by atoms with Gasteiger partial charge in [0.2, 0.25) is 0 Å². The number of nitrogens with two attached hydrogens (primary N) is 1. The van der Waals surface area contributed by atoms with Gasteiger partial charge >= 0.3 is 0 Å². The fourth-order valence-corrected chi connectivity index (χ4v) is 3.18. The molecule has 1 heterocycles. The highest BCUT2D eigenvalue weighted by Gasteiger charge is 2.31. The highest BCUT2D eigenvalue weighted by Crippen LogP contribution is 2.24. The average molecular weight is 278 g/mol. The van der Waals surface area contributed by atoms with Crippen LogP contribution in [0.5, 0.6) is 0 Å². The molecule has 1 fully saturated rings. The predicted octanol–water partition coefficient (Wildman–Crippen LogP) is 3.27. The molecule has 1 atom stereocenters. The van der Waals surface area contributed by atoms with Crippen molar-refractivity contribution in [2.75, 3.05) is 19.6 Å². The SMILES string of the molecule is Cc1cc(CC(C)(CN)N2CCCCCC2)ccc1F. The molecule has 0 bridgehead atoms. The van der Waals surface area contributed by atoms with Gasteiger partial charge in [-0.25, -0.2) is 4.39 Å². The van der Waals surface area contributed by atoms with E-state index in [0.717, 1.165) is 25.1 Å². The maximum Gasteiger partial charge on any atom is 0.126 e. The highest BCUT2D eigenvalue weighted by molar-refractivity contribution is 5.25. The van der Waals surface area contributed by atoms with Crippen LogP contribution < -0.4 is 5.73 Å². The van der Waals surface area contributed by atoms with E-state index in [4.69, 9.17) is 5.73 Å². The summed E-state index contributed by atoms with van der Waals surface area (Å²) in [5.41, 5.74) is 7.97. The number of benzene rings is 1. The fraction of sp³-hybridized carbons (Fsp3) is 0.647. The minimum Gasteiger partial charge on any atom is -0.329 e. The van der Waals surface area contributed by atoms with E-state index in [2.05, 4.69) is 11.8 Å². The Kier molecular flexibility index (Phi) is 5.17. The quantitative estimate of drug-likeness (QED) is 0.916. The molecule has 2 N–H and O–H groups in total. The molecule has 0 radical (unpaired) electrons. The zero-order chi connectivity index (χ0) is 14.6. The minimum absolute atomic E-state index is 0.0192. The fourth-order valence-electron chi connectivity index (χ4n) is 3.18. The summed E-state index contributed by atoms with van der Waals surface area (Å²) in [4.78, 5) is 2.54. The van der Waals surface area contributed by atoms with Crippen LogP contribution in [0.2, 0.25) is 0 Å². The largest absolute Gasteiger partial charge is 0.329 e. The smallest absolute Gasteiger partial charge is 0.126 e. The molecule has 0 spiro atoms. The first-order valence-corrected chi connectivity index (χ1v) is 7.75. The van der Waals surface area contributed by atoms with Crippen LogP contribution in [0.1, 0.15) is 43.7 Å². The zero-order valence-corrected chi connectivity index (χ0v) is 12.8. The van der Waals surface area contributed by atoms with Crippen molar-refractivity contribution >= 4 is 0 Å². The van der Waals surface area contributed by atoms with Crippen molar-refractivity contribution in [1.29, 1.82) is 0 Å². The first-order valence-electron chi connectivity index (χ1n) is 7.75. The lowest BCUT2D eigenvalue weighted by Crippen LogP contribution is -2.53. The summed E-state index contributed by atoms with van der Waals surface area (Å²) < 4.78 is 13.4. The normalized spacial score (nSPS) is 20.4. The molecule has 1 aliphatic heterocycles. The molecule has 1 unspecified atom stereocenters. The second-order valence-corrected chi connectivity index (χ2v) is 6.36.